The third-order valence-corrected chi connectivity index (χ3v) is 4.63. The molecule has 0 radical (unpaired) electrons. The van der Waals surface area contributed by atoms with Gasteiger partial charge in [-0.1, -0.05) is 20.8 Å². The lowest BCUT2D eigenvalue weighted by molar-refractivity contribution is -0.114. The Hall–Kier alpha value is -2.90. The average molecular weight is 420 g/mol. The number of alkyl halides is 2. The minimum absolute atomic E-state index is 0.122. The number of anilines is 1. The number of fused-ring (bicyclic) bond motifs is 3. The molecule has 1 aliphatic rings. The number of benzene rings is 1. The maximum atomic E-state index is 13.2. The lowest BCUT2D eigenvalue weighted by atomic mass is 9.97. The van der Waals surface area contributed by atoms with Crippen LogP contribution in [0.5, 0.6) is 17.2 Å². The van der Waals surface area contributed by atoms with Crippen LogP contribution in [0.1, 0.15) is 39.7 Å². The maximum Gasteiger partial charge on any atom is 0.387 e. The Morgan fingerprint density at radius 1 is 1.27 bits per heavy atom. The first-order valence-electron chi connectivity index (χ1n) is 9.88. The summed E-state index contributed by atoms with van der Waals surface area (Å²) in [6, 6.07) is 5.04. The summed E-state index contributed by atoms with van der Waals surface area (Å²) in [5, 5.41) is 2.63. The van der Waals surface area contributed by atoms with Crippen LogP contribution in [-0.4, -0.2) is 24.1 Å². The van der Waals surface area contributed by atoms with Gasteiger partial charge in [0.05, 0.1) is 6.61 Å². The highest BCUT2D eigenvalue weighted by Crippen LogP contribution is 2.49. The highest BCUT2D eigenvalue weighted by Gasteiger charge is 2.27. The smallest absolute Gasteiger partial charge is 0.387 e. The quantitative estimate of drug-likeness (QED) is 0.631. The van der Waals surface area contributed by atoms with E-state index in [1.807, 2.05) is 0 Å². The molecule has 0 fully saturated rings. The van der Waals surface area contributed by atoms with Crippen molar-refractivity contribution < 1.29 is 27.8 Å². The van der Waals surface area contributed by atoms with E-state index in [1.54, 1.807) is 24.4 Å². The Bertz CT molecular complexity index is 918. The molecular formula is C22H26F2N2O4. The maximum absolute atomic E-state index is 13.2. The molecule has 1 aromatic heterocycles. The minimum atomic E-state index is -3.02. The van der Waals surface area contributed by atoms with Gasteiger partial charge in [-0.25, -0.2) is 4.98 Å². The van der Waals surface area contributed by atoms with Crippen LogP contribution in [0.3, 0.4) is 0 Å². The zero-order chi connectivity index (χ0) is 21.8. The third-order valence-electron chi connectivity index (χ3n) is 4.63. The van der Waals surface area contributed by atoms with Crippen molar-refractivity contribution in [1.29, 1.82) is 0 Å². The molecule has 1 atom stereocenters. The van der Waals surface area contributed by atoms with Crippen molar-refractivity contribution in [2.24, 2.45) is 11.8 Å². The number of hydrogen-bond acceptors (Lipinski definition) is 5. The lowest BCUT2D eigenvalue weighted by Crippen LogP contribution is -2.15. The van der Waals surface area contributed by atoms with Gasteiger partial charge in [-0.2, -0.15) is 8.78 Å². The average Bonchev–Trinajstić information content (AvgIpc) is 2.65. The lowest BCUT2D eigenvalue weighted by Gasteiger charge is -2.25. The molecule has 3 rings (SSSR count). The zero-order valence-corrected chi connectivity index (χ0v) is 17.5. The molecular weight excluding hydrogens is 394 g/mol. The van der Waals surface area contributed by atoms with Crippen LogP contribution in [0.15, 0.2) is 24.4 Å². The van der Waals surface area contributed by atoms with E-state index >= 15 is 0 Å². The van der Waals surface area contributed by atoms with Crippen molar-refractivity contribution in [3.05, 3.63) is 30.0 Å². The van der Waals surface area contributed by atoms with Crippen LogP contribution in [0.2, 0.25) is 0 Å². The number of carbonyl (C=O) groups is 1. The first-order chi connectivity index (χ1) is 14.2. The van der Waals surface area contributed by atoms with Gasteiger partial charge in [0.1, 0.15) is 12.4 Å². The van der Waals surface area contributed by atoms with Gasteiger partial charge in [0.25, 0.3) is 0 Å². The van der Waals surface area contributed by atoms with Crippen LogP contribution in [0.25, 0.3) is 11.1 Å². The molecule has 162 valence electrons. The van der Waals surface area contributed by atoms with Crippen molar-refractivity contribution in [2.45, 2.75) is 47.3 Å². The molecule has 0 spiro atoms. The monoisotopic (exact) mass is 420 g/mol. The second kappa shape index (κ2) is 9.28. The van der Waals surface area contributed by atoms with E-state index in [4.69, 9.17) is 14.2 Å². The van der Waals surface area contributed by atoms with Crippen molar-refractivity contribution in [1.82, 2.24) is 4.98 Å². The number of rotatable bonds is 8. The summed E-state index contributed by atoms with van der Waals surface area (Å²) in [6.07, 6.45) is 2.55. The fraction of sp³-hybridized carbons (Fsp3) is 0.455. The van der Waals surface area contributed by atoms with Crippen LogP contribution in [0, 0.1) is 11.8 Å². The summed E-state index contributed by atoms with van der Waals surface area (Å²) < 4.78 is 42.7. The Labute approximate surface area is 174 Å². The van der Waals surface area contributed by atoms with Gasteiger partial charge in [0, 0.05) is 24.2 Å². The third kappa shape index (κ3) is 5.17. The largest absolute Gasteiger partial charge is 0.489 e. The van der Waals surface area contributed by atoms with Crippen LogP contribution >= 0.6 is 0 Å². The van der Waals surface area contributed by atoms with Crippen molar-refractivity contribution in [3.63, 3.8) is 0 Å². The fourth-order valence-corrected chi connectivity index (χ4v) is 3.57. The molecule has 1 aromatic carbocycles. The first kappa shape index (κ1) is 21.8. The summed E-state index contributed by atoms with van der Waals surface area (Å²) in [5.74, 6) is 1.16. The number of hydrogen-bond donors (Lipinski definition) is 1. The molecule has 6 nitrogen and oxygen atoms in total. The molecule has 8 heteroatoms. The van der Waals surface area contributed by atoms with Crippen LogP contribution in [-0.2, 0) is 11.4 Å². The zero-order valence-electron chi connectivity index (χ0n) is 17.5. The number of aromatic nitrogens is 1. The van der Waals surface area contributed by atoms with Crippen molar-refractivity contribution in [3.8, 4) is 28.4 Å². The highest BCUT2D eigenvalue weighted by atomic mass is 19.3. The van der Waals surface area contributed by atoms with Gasteiger partial charge >= 0.3 is 6.61 Å². The summed E-state index contributed by atoms with van der Waals surface area (Å²) in [6.45, 7) is 5.18. The summed E-state index contributed by atoms with van der Waals surface area (Å²) >= 11 is 0. The standard InChI is InChI=1S/C22H26F2N2O4/c1-12(2)7-13(3)10-28-18-6-5-16-17-8-19(26-14(4)27)25-9-15(17)11-29-20(16)21(18)30-22(23)24/h5-6,8-9,12-13,22H,7,10-11H2,1-4H3,(H,25,26,27)/t13-/m1/s1. The van der Waals surface area contributed by atoms with E-state index in [1.165, 1.54) is 6.92 Å². The van der Waals surface area contributed by atoms with E-state index in [9.17, 15) is 13.6 Å². The van der Waals surface area contributed by atoms with Crippen molar-refractivity contribution >= 4 is 11.7 Å². The van der Waals surface area contributed by atoms with Crippen molar-refractivity contribution in [2.75, 3.05) is 11.9 Å². The van der Waals surface area contributed by atoms with Gasteiger partial charge in [-0.05, 0) is 42.0 Å². The summed E-state index contributed by atoms with van der Waals surface area (Å²) in [4.78, 5) is 15.5. The van der Waals surface area contributed by atoms with Crippen LogP contribution in [0.4, 0.5) is 14.6 Å². The number of nitrogens with one attached hydrogen (secondary N) is 1. The Morgan fingerprint density at radius 2 is 2.03 bits per heavy atom. The normalized spacial score (nSPS) is 13.3. The molecule has 1 aliphatic heterocycles. The van der Waals surface area contributed by atoms with E-state index in [0.29, 0.717) is 23.9 Å². The second-order valence-corrected chi connectivity index (χ2v) is 7.89. The summed E-state index contributed by atoms with van der Waals surface area (Å²) in [7, 11) is 0. The molecule has 1 amide bonds. The van der Waals surface area contributed by atoms with Gasteiger partial charge in [-0.3, -0.25) is 4.79 Å². The SMILES string of the molecule is CC(=O)Nc1cc2c(cn1)COc1c-2ccc(OC[C@H](C)CC(C)C)c1OC(F)F. The molecule has 0 unspecified atom stereocenters. The fourth-order valence-electron chi connectivity index (χ4n) is 3.57. The highest BCUT2D eigenvalue weighted by molar-refractivity contribution is 5.89. The summed E-state index contributed by atoms with van der Waals surface area (Å²) in [5.41, 5.74) is 2.08. The number of carbonyl (C=O) groups excluding carboxylic acids is 1. The topological polar surface area (TPSA) is 69.7 Å². The number of ether oxygens (including phenoxy) is 3. The Balaban J connectivity index is 1.96. The molecule has 0 bridgehead atoms. The van der Waals surface area contributed by atoms with E-state index < -0.39 is 6.61 Å². The molecule has 0 saturated heterocycles. The van der Waals surface area contributed by atoms with E-state index in [2.05, 4.69) is 31.1 Å². The Kier molecular flexibility index (Phi) is 6.74. The number of halogens is 2. The van der Waals surface area contributed by atoms with E-state index in [0.717, 1.165) is 17.5 Å². The second-order valence-electron chi connectivity index (χ2n) is 7.89. The van der Waals surface area contributed by atoms with Gasteiger partial charge in [0.15, 0.2) is 11.5 Å². The van der Waals surface area contributed by atoms with Gasteiger partial charge in [0.2, 0.25) is 11.7 Å². The molecule has 2 heterocycles. The number of nitrogens with zero attached hydrogens (tertiary/aromatic N) is 1. The molecule has 0 aliphatic carbocycles. The number of amides is 1. The minimum Gasteiger partial charge on any atom is -0.489 e. The van der Waals surface area contributed by atoms with Gasteiger partial charge in [-0.15, -0.1) is 0 Å². The Morgan fingerprint density at radius 3 is 2.70 bits per heavy atom. The van der Waals surface area contributed by atoms with E-state index in [-0.39, 0.29) is 35.7 Å². The molecule has 30 heavy (non-hydrogen) atoms. The molecule has 2 aromatic rings. The van der Waals surface area contributed by atoms with Crippen LogP contribution < -0.4 is 19.5 Å². The first-order valence-corrected chi connectivity index (χ1v) is 9.88. The van der Waals surface area contributed by atoms with Gasteiger partial charge < -0.3 is 19.5 Å². The predicted molar refractivity (Wildman–Crippen MR) is 109 cm³/mol. The molecule has 1 N–H and O–H groups in total. The number of pyridine rings is 1. The molecule has 0 saturated carbocycles. The predicted octanol–water partition coefficient (Wildman–Crippen LogP) is 5.26.